The molecule has 104 valence electrons. The summed E-state index contributed by atoms with van der Waals surface area (Å²) in [6.07, 6.45) is 7.66. The first-order chi connectivity index (χ1) is 9.83. The van der Waals surface area contributed by atoms with Crippen LogP contribution in [0.3, 0.4) is 0 Å². The van der Waals surface area contributed by atoms with Gasteiger partial charge in [-0.15, -0.1) is 0 Å². The number of nitrogens with zero attached hydrogens (tertiary/aromatic N) is 3. The highest BCUT2D eigenvalue weighted by molar-refractivity contribution is 5.91. The smallest absolute Gasteiger partial charge is 0.291 e. The van der Waals surface area contributed by atoms with Crippen LogP contribution in [-0.4, -0.2) is 33.9 Å². The van der Waals surface area contributed by atoms with Gasteiger partial charge in [0, 0.05) is 25.0 Å². The SMILES string of the molecule is O=C(c1cnco1)N1CCC[C@@H](Cc2ccccn2)C1. The minimum absolute atomic E-state index is 0.0618. The van der Waals surface area contributed by atoms with Crippen molar-refractivity contribution in [2.45, 2.75) is 19.3 Å². The Morgan fingerprint density at radius 1 is 1.45 bits per heavy atom. The van der Waals surface area contributed by atoms with E-state index in [2.05, 4.69) is 9.97 Å². The minimum atomic E-state index is -0.0618. The van der Waals surface area contributed by atoms with E-state index < -0.39 is 0 Å². The molecule has 0 bridgehead atoms. The predicted octanol–water partition coefficient (Wildman–Crippen LogP) is 2.16. The van der Waals surface area contributed by atoms with Crippen LogP contribution in [0.5, 0.6) is 0 Å². The number of piperidine rings is 1. The normalized spacial score (nSPS) is 19.0. The first-order valence-corrected chi connectivity index (χ1v) is 6.90. The predicted molar refractivity (Wildman–Crippen MR) is 73.1 cm³/mol. The fraction of sp³-hybridized carbons (Fsp3) is 0.400. The summed E-state index contributed by atoms with van der Waals surface area (Å²) in [5.41, 5.74) is 1.09. The Kier molecular flexibility index (Phi) is 3.76. The molecule has 0 unspecified atom stereocenters. The van der Waals surface area contributed by atoms with E-state index >= 15 is 0 Å². The van der Waals surface area contributed by atoms with Crippen LogP contribution in [0.2, 0.25) is 0 Å². The van der Waals surface area contributed by atoms with Gasteiger partial charge < -0.3 is 9.32 Å². The van der Waals surface area contributed by atoms with E-state index in [1.807, 2.05) is 29.3 Å². The highest BCUT2D eigenvalue weighted by Crippen LogP contribution is 2.21. The first-order valence-electron chi connectivity index (χ1n) is 6.90. The van der Waals surface area contributed by atoms with Crippen molar-refractivity contribution in [3.05, 3.63) is 48.4 Å². The average molecular weight is 271 g/mol. The molecule has 1 aliphatic heterocycles. The third-order valence-corrected chi connectivity index (χ3v) is 3.67. The monoisotopic (exact) mass is 271 g/mol. The van der Waals surface area contributed by atoms with Gasteiger partial charge in [-0.1, -0.05) is 6.07 Å². The van der Waals surface area contributed by atoms with Gasteiger partial charge >= 0.3 is 0 Å². The highest BCUT2D eigenvalue weighted by Gasteiger charge is 2.26. The zero-order valence-electron chi connectivity index (χ0n) is 11.2. The molecule has 0 saturated carbocycles. The average Bonchev–Trinajstić information content (AvgIpc) is 3.02. The Morgan fingerprint density at radius 3 is 3.15 bits per heavy atom. The van der Waals surface area contributed by atoms with Gasteiger partial charge in [0.2, 0.25) is 5.76 Å². The van der Waals surface area contributed by atoms with Crippen LogP contribution in [0.15, 0.2) is 41.4 Å². The number of hydrogen-bond acceptors (Lipinski definition) is 4. The molecular weight excluding hydrogens is 254 g/mol. The Morgan fingerprint density at radius 2 is 2.40 bits per heavy atom. The lowest BCUT2D eigenvalue weighted by Gasteiger charge is -2.32. The molecule has 5 heteroatoms. The van der Waals surface area contributed by atoms with Crippen molar-refractivity contribution in [3.8, 4) is 0 Å². The molecule has 0 aliphatic carbocycles. The van der Waals surface area contributed by atoms with Gasteiger partial charge in [-0.05, 0) is 37.3 Å². The number of carbonyl (C=O) groups excluding carboxylic acids is 1. The largest absolute Gasteiger partial charge is 0.438 e. The molecule has 1 amide bonds. The van der Waals surface area contributed by atoms with Crippen LogP contribution in [0, 0.1) is 5.92 Å². The van der Waals surface area contributed by atoms with Crippen LogP contribution >= 0.6 is 0 Å². The van der Waals surface area contributed by atoms with E-state index in [0.717, 1.165) is 38.0 Å². The molecule has 20 heavy (non-hydrogen) atoms. The summed E-state index contributed by atoms with van der Waals surface area (Å²) in [5, 5.41) is 0. The van der Waals surface area contributed by atoms with Crippen LogP contribution in [0.1, 0.15) is 29.1 Å². The number of pyridine rings is 1. The van der Waals surface area contributed by atoms with Crippen molar-refractivity contribution in [1.82, 2.24) is 14.9 Å². The van der Waals surface area contributed by atoms with Crippen molar-refractivity contribution in [3.63, 3.8) is 0 Å². The second-order valence-corrected chi connectivity index (χ2v) is 5.15. The summed E-state index contributed by atoms with van der Waals surface area (Å²) >= 11 is 0. The number of oxazole rings is 1. The maximum absolute atomic E-state index is 12.2. The molecule has 0 aromatic carbocycles. The number of rotatable bonds is 3. The molecule has 1 atom stereocenters. The molecule has 0 radical (unpaired) electrons. The maximum atomic E-state index is 12.2. The maximum Gasteiger partial charge on any atom is 0.291 e. The van der Waals surface area contributed by atoms with E-state index in [4.69, 9.17) is 4.42 Å². The molecule has 2 aromatic rings. The van der Waals surface area contributed by atoms with E-state index in [-0.39, 0.29) is 5.91 Å². The third kappa shape index (κ3) is 2.87. The zero-order chi connectivity index (χ0) is 13.8. The number of aromatic nitrogens is 2. The van der Waals surface area contributed by atoms with Crippen molar-refractivity contribution in [2.24, 2.45) is 5.92 Å². The quantitative estimate of drug-likeness (QED) is 0.858. The zero-order valence-corrected chi connectivity index (χ0v) is 11.2. The number of likely N-dealkylation sites (tertiary alicyclic amines) is 1. The van der Waals surface area contributed by atoms with Crippen molar-refractivity contribution >= 4 is 5.91 Å². The number of amides is 1. The highest BCUT2D eigenvalue weighted by atomic mass is 16.3. The summed E-state index contributed by atoms with van der Waals surface area (Å²) in [5.74, 6) is 0.724. The van der Waals surface area contributed by atoms with Crippen molar-refractivity contribution in [2.75, 3.05) is 13.1 Å². The van der Waals surface area contributed by atoms with Gasteiger partial charge in [-0.3, -0.25) is 9.78 Å². The standard InChI is InChI=1S/C15H17N3O2/c19-15(14-9-16-11-20-14)18-7-3-4-12(10-18)8-13-5-1-2-6-17-13/h1-2,5-6,9,11-12H,3-4,7-8,10H2/t12-/m0/s1. The van der Waals surface area contributed by atoms with Crippen LogP contribution in [0.4, 0.5) is 0 Å². The second-order valence-electron chi connectivity index (χ2n) is 5.15. The molecule has 0 spiro atoms. The molecule has 1 aliphatic rings. The fourth-order valence-corrected chi connectivity index (χ4v) is 2.71. The van der Waals surface area contributed by atoms with Gasteiger partial charge in [-0.2, -0.15) is 0 Å². The molecule has 1 saturated heterocycles. The summed E-state index contributed by atoms with van der Waals surface area (Å²) in [6.45, 7) is 1.55. The summed E-state index contributed by atoms with van der Waals surface area (Å²) in [6, 6.07) is 5.96. The lowest BCUT2D eigenvalue weighted by atomic mass is 9.93. The Balaban J connectivity index is 1.63. The molecule has 1 fully saturated rings. The fourth-order valence-electron chi connectivity index (χ4n) is 2.71. The summed E-state index contributed by atoms with van der Waals surface area (Å²) < 4.78 is 5.09. The molecular formula is C15H17N3O2. The van der Waals surface area contributed by atoms with Gasteiger partial charge in [0.1, 0.15) is 0 Å². The molecule has 3 rings (SSSR count). The number of hydrogen-bond donors (Lipinski definition) is 0. The lowest BCUT2D eigenvalue weighted by molar-refractivity contribution is 0.0640. The lowest BCUT2D eigenvalue weighted by Crippen LogP contribution is -2.40. The van der Waals surface area contributed by atoms with E-state index in [1.54, 1.807) is 0 Å². The van der Waals surface area contributed by atoms with Gasteiger partial charge in [-0.25, -0.2) is 4.98 Å². The molecule has 2 aromatic heterocycles. The van der Waals surface area contributed by atoms with Crippen LogP contribution in [0.25, 0.3) is 0 Å². The van der Waals surface area contributed by atoms with Crippen LogP contribution in [-0.2, 0) is 6.42 Å². The number of carbonyl (C=O) groups is 1. The molecule has 5 nitrogen and oxygen atoms in total. The van der Waals surface area contributed by atoms with E-state index in [0.29, 0.717) is 11.7 Å². The first kappa shape index (κ1) is 12.8. The van der Waals surface area contributed by atoms with E-state index in [9.17, 15) is 4.79 Å². The summed E-state index contributed by atoms with van der Waals surface area (Å²) in [7, 11) is 0. The van der Waals surface area contributed by atoms with Gasteiger partial charge in [0.25, 0.3) is 5.91 Å². The van der Waals surface area contributed by atoms with Crippen molar-refractivity contribution in [1.29, 1.82) is 0 Å². The summed E-state index contributed by atoms with van der Waals surface area (Å²) in [4.78, 5) is 22.3. The molecule has 3 heterocycles. The Hall–Kier alpha value is -2.17. The van der Waals surface area contributed by atoms with Crippen molar-refractivity contribution < 1.29 is 9.21 Å². The van der Waals surface area contributed by atoms with Gasteiger partial charge in [0.05, 0.1) is 6.20 Å². The molecule has 0 N–H and O–H groups in total. The van der Waals surface area contributed by atoms with Gasteiger partial charge in [0.15, 0.2) is 6.39 Å². The van der Waals surface area contributed by atoms with Crippen LogP contribution < -0.4 is 0 Å². The van der Waals surface area contributed by atoms with E-state index in [1.165, 1.54) is 12.6 Å². The third-order valence-electron chi connectivity index (χ3n) is 3.67. The minimum Gasteiger partial charge on any atom is -0.438 e. The Bertz CT molecular complexity index is 554. The second kappa shape index (κ2) is 5.86. The Labute approximate surface area is 117 Å². The topological polar surface area (TPSA) is 59.2 Å².